The first-order valence-electron chi connectivity index (χ1n) is 19.3. The molecule has 3 nitrogen and oxygen atoms in total. The molecule has 2 aromatic heterocycles. The second-order valence-electron chi connectivity index (χ2n) is 14.5. The zero-order chi connectivity index (χ0) is 37.7. The van der Waals surface area contributed by atoms with E-state index in [2.05, 4.69) is 199 Å². The Hall–Kier alpha value is -7.62. The van der Waals surface area contributed by atoms with Crippen molar-refractivity contribution in [2.24, 2.45) is 0 Å². The van der Waals surface area contributed by atoms with Gasteiger partial charge in [-0.25, -0.2) is 0 Å². The number of benzene rings is 9. The predicted molar refractivity (Wildman–Crippen MR) is 237 cm³/mol. The Morgan fingerprint density at radius 3 is 1.44 bits per heavy atom. The molecule has 268 valence electrons. The largest absolute Gasteiger partial charge is 0.456 e. The van der Waals surface area contributed by atoms with Crippen LogP contribution in [0.4, 0.5) is 17.1 Å². The van der Waals surface area contributed by atoms with E-state index in [9.17, 15) is 0 Å². The number of hydrogen-bond acceptors (Lipinski definition) is 3. The highest BCUT2D eigenvalue weighted by Gasteiger charge is 2.23. The van der Waals surface area contributed by atoms with E-state index in [0.29, 0.717) is 0 Å². The highest BCUT2D eigenvalue weighted by Crippen LogP contribution is 2.48. The van der Waals surface area contributed by atoms with E-state index in [0.717, 1.165) is 83.2 Å². The summed E-state index contributed by atoms with van der Waals surface area (Å²) in [6, 6.07) is 75.0. The summed E-state index contributed by atoms with van der Waals surface area (Å²) in [6.45, 7) is 0. The van der Waals surface area contributed by atoms with Crippen LogP contribution in [0.25, 0.3) is 88.4 Å². The minimum atomic E-state index is 0.845. The van der Waals surface area contributed by atoms with Gasteiger partial charge in [0.15, 0.2) is 0 Å². The Morgan fingerprint density at radius 2 is 0.789 bits per heavy atom. The van der Waals surface area contributed by atoms with E-state index < -0.39 is 0 Å². The lowest BCUT2D eigenvalue weighted by Gasteiger charge is -2.27. The highest BCUT2D eigenvalue weighted by molar-refractivity contribution is 6.18. The van der Waals surface area contributed by atoms with Crippen molar-refractivity contribution >= 4 is 60.9 Å². The fourth-order valence-corrected chi connectivity index (χ4v) is 8.37. The lowest BCUT2D eigenvalue weighted by Crippen LogP contribution is -2.10. The van der Waals surface area contributed by atoms with Crippen molar-refractivity contribution in [2.45, 2.75) is 0 Å². The van der Waals surface area contributed by atoms with Crippen molar-refractivity contribution < 1.29 is 8.83 Å². The van der Waals surface area contributed by atoms with Gasteiger partial charge in [-0.15, -0.1) is 0 Å². The van der Waals surface area contributed by atoms with Gasteiger partial charge >= 0.3 is 0 Å². The molecule has 0 saturated heterocycles. The van der Waals surface area contributed by atoms with Crippen LogP contribution in [0.3, 0.4) is 0 Å². The number of furan rings is 2. The Morgan fingerprint density at radius 1 is 0.298 bits per heavy atom. The molecule has 0 amide bonds. The molecule has 11 aromatic rings. The van der Waals surface area contributed by atoms with E-state index in [4.69, 9.17) is 8.83 Å². The maximum Gasteiger partial charge on any atom is 0.145 e. The first-order valence-corrected chi connectivity index (χ1v) is 19.3. The Labute approximate surface area is 330 Å². The molecule has 0 bridgehead atoms. The smallest absolute Gasteiger partial charge is 0.145 e. The SMILES string of the molecule is c1ccc(-c2ccc(N(c3ccc(-c4ccccc4)cc3)c3ccc(-c4ccccc4-c4ccc5c(c4)oc4ccccc45)c4oc5ccccc5c34)cc2)cc1. The highest BCUT2D eigenvalue weighted by atomic mass is 16.3. The molecule has 0 fully saturated rings. The molecule has 0 aliphatic carbocycles. The average molecular weight is 730 g/mol. The fourth-order valence-electron chi connectivity index (χ4n) is 8.37. The summed E-state index contributed by atoms with van der Waals surface area (Å²) in [5.74, 6) is 0. The monoisotopic (exact) mass is 729 g/mol. The third-order valence-electron chi connectivity index (χ3n) is 11.1. The van der Waals surface area contributed by atoms with Gasteiger partial charge in [-0.1, -0.05) is 152 Å². The summed E-state index contributed by atoms with van der Waals surface area (Å²) in [7, 11) is 0. The van der Waals surface area contributed by atoms with Crippen LogP contribution in [0.1, 0.15) is 0 Å². The second-order valence-corrected chi connectivity index (χ2v) is 14.5. The van der Waals surface area contributed by atoms with Crippen molar-refractivity contribution in [3.63, 3.8) is 0 Å². The first kappa shape index (κ1) is 32.8. The van der Waals surface area contributed by atoms with Crippen LogP contribution >= 0.6 is 0 Å². The molecule has 0 unspecified atom stereocenters. The lowest BCUT2D eigenvalue weighted by atomic mass is 9.92. The maximum atomic E-state index is 6.91. The first-order chi connectivity index (χ1) is 28.3. The third-order valence-corrected chi connectivity index (χ3v) is 11.1. The van der Waals surface area contributed by atoms with E-state index in [1.54, 1.807) is 0 Å². The quantitative estimate of drug-likeness (QED) is 0.164. The standard InChI is InChI=1S/C54H35NO2/c1-3-13-36(14-4-1)38-23-28-41(29-24-38)55(42-30-25-39(26-31-42)37-15-5-2-6-16-37)49-34-33-47(54-53(49)48-20-10-12-22-51(48)57-54)44-18-8-7-17-43(44)40-27-32-46-45-19-9-11-21-50(45)56-52(46)35-40/h1-35H. The zero-order valence-corrected chi connectivity index (χ0v) is 31.0. The van der Waals surface area contributed by atoms with Gasteiger partial charge in [0.1, 0.15) is 22.3 Å². The van der Waals surface area contributed by atoms with Gasteiger partial charge in [0.2, 0.25) is 0 Å². The van der Waals surface area contributed by atoms with Crippen LogP contribution in [-0.4, -0.2) is 0 Å². The Balaban J connectivity index is 1.10. The van der Waals surface area contributed by atoms with Crippen LogP contribution in [-0.2, 0) is 0 Å². The summed E-state index contributed by atoms with van der Waals surface area (Å²) in [4.78, 5) is 2.36. The summed E-state index contributed by atoms with van der Waals surface area (Å²) in [5.41, 5.74) is 15.7. The molecule has 0 aliphatic rings. The van der Waals surface area contributed by atoms with Crippen molar-refractivity contribution in [1.82, 2.24) is 0 Å². The zero-order valence-electron chi connectivity index (χ0n) is 31.0. The Kier molecular flexibility index (Phi) is 7.82. The average Bonchev–Trinajstić information content (AvgIpc) is 3.87. The van der Waals surface area contributed by atoms with E-state index >= 15 is 0 Å². The minimum Gasteiger partial charge on any atom is -0.456 e. The summed E-state index contributed by atoms with van der Waals surface area (Å²) >= 11 is 0. The summed E-state index contributed by atoms with van der Waals surface area (Å²) in [6.07, 6.45) is 0. The van der Waals surface area contributed by atoms with Crippen molar-refractivity contribution in [3.05, 3.63) is 212 Å². The normalized spacial score (nSPS) is 11.5. The number of anilines is 3. The minimum absolute atomic E-state index is 0.845. The van der Waals surface area contributed by atoms with Gasteiger partial charge in [-0.2, -0.15) is 0 Å². The molecule has 3 heteroatoms. The van der Waals surface area contributed by atoms with Crippen molar-refractivity contribution in [1.29, 1.82) is 0 Å². The molecule has 0 N–H and O–H groups in total. The van der Waals surface area contributed by atoms with Gasteiger partial charge in [0.05, 0.1) is 11.1 Å². The predicted octanol–water partition coefficient (Wildman–Crippen LogP) is 15.6. The van der Waals surface area contributed by atoms with E-state index in [-0.39, 0.29) is 0 Å². The molecule has 0 saturated carbocycles. The van der Waals surface area contributed by atoms with Crippen LogP contribution in [0.2, 0.25) is 0 Å². The molecule has 57 heavy (non-hydrogen) atoms. The number of hydrogen-bond donors (Lipinski definition) is 0. The van der Waals surface area contributed by atoms with Gasteiger partial charge in [0.25, 0.3) is 0 Å². The maximum absolute atomic E-state index is 6.91. The molecule has 0 radical (unpaired) electrons. The molecular formula is C54H35NO2. The van der Waals surface area contributed by atoms with Crippen LogP contribution in [0, 0.1) is 0 Å². The number of rotatable bonds is 7. The van der Waals surface area contributed by atoms with E-state index in [1.165, 1.54) is 22.3 Å². The third kappa shape index (κ3) is 5.68. The number of fused-ring (bicyclic) bond motifs is 6. The number of para-hydroxylation sites is 2. The molecule has 9 aromatic carbocycles. The molecule has 0 atom stereocenters. The van der Waals surface area contributed by atoms with Gasteiger partial charge in [-0.05, 0) is 99.6 Å². The van der Waals surface area contributed by atoms with Crippen LogP contribution < -0.4 is 4.90 Å². The lowest BCUT2D eigenvalue weighted by molar-refractivity contribution is 0.669. The molecular weight excluding hydrogens is 695 g/mol. The van der Waals surface area contributed by atoms with Crippen molar-refractivity contribution in [3.8, 4) is 44.5 Å². The van der Waals surface area contributed by atoms with Gasteiger partial charge < -0.3 is 13.7 Å². The van der Waals surface area contributed by atoms with Crippen LogP contribution in [0.5, 0.6) is 0 Å². The molecule has 11 rings (SSSR count). The number of nitrogens with zero attached hydrogens (tertiary/aromatic N) is 1. The van der Waals surface area contributed by atoms with Crippen molar-refractivity contribution in [2.75, 3.05) is 4.90 Å². The van der Waals surface area contributed by atoms with E-state index in [1.807, 2.05) is 18.2 Å². The Bertz CT molecular complexity index is 3130. The molecule has 0 spiro atoms. The van der Waals surface area contributed by atoms with Gasteiger partial charge in [0, 0.05) is 33.1 Å². The summed E-state index contributed by atoms with van der Waals surface area (Å²) < 4.78 is 13.2. The fraction of sp³-hybridized carbons (Fsp3) is 0. The molecule has 0 aliphatic heterocycles. The van der Waals surface area contributed by atoms with Crippen LogP contribution in [0.15, 0.2) is 221 Å². The van der Waals surface area contributed by atoms with Gasteiger partial charge in [-0.3, -0.25) is 0 Å². The summed E-state index contributed by atoms with van der Waals surface area (Å²) in [5, 5.41) is 4.37. The second kappa shape index (κ2) is 13.6. The topological polar surface area (TPSA) is 29.5 Å². The molecule has 2 heterocycles.